The van der Waals surface area contributed by atoms with Crippen LogP contribution < -0.4 is 10.1 Å². The predicted molar refractivity (Wildman–Crippen MR) is 104 cm³/mol. The molecule has 2 aromatic rings. The van der Waals surface area contributed by atoms with Gasteiger partial charge in [-0.1, -0.05) is 31.0 Å². The first-order valence-corrected chi connectivity index (χ1v) is 10.1. The standard InChI is InChI=1S/C23H27NO2/c1-2-9-17(10-3-1)26-18-12-13-21-20(15-18)23-19(11-6-14-25-23)22(24-21)16-7-4-5-8-16/h1-3,9-10,12-13,15-16,19,22-24H,4-8,11,14H2/t19-,22?,23-/m0/s1. The number of para-hydroxylation sites is 1. The third-order valence-corrected chi connectivity index (χ3v) is 6.37. The maximum Gasteiger partial charge on any atom is 0.127 e. The van der Waals surface area contributed by atoms with Gasteiger partial charge in [0.2, 0.25) is 0 Å². The second-order valence-corrected chi connectivity index (χ2v) is 7.98. The monoisotopic (exact) mass is 349 g/mol. The van der Waals surface area contributed by atoms with E-state index in [-0.39, 0.29) is 6.10 Å². The molecule has 1 saturated carbocycles. The number of hydrogen-bond donors (Lipinski definition) is 1. The maximum absolute atomic E-state index is 6.31. The second kappa shape index (κ2) is 6.96. The van der Waals surface area contributed by atoms with E-state index in [0.717, 1.165) is 24.0 Å². The van der Waals surface area contributed by atoms with Crippen molar-refractivity contribution < 1.29 is 9.47 Å². The van der Waals surface area contributed by atoms with Crippen LogP contribution in [-0.2, 0) is 4.74 Å². The minimum Gasteiger partial charge on any atom is -0.457 e. The van der Waals surface area contributed by atoms with Crippen LogP contribution in [0.2, 0.25) is 0 Å². The fraction of sp³-hybridized carbons (Fsp3) is 0.478. The van der Waals surface area contributed by atoms with Crippen LogP contribution in [0.1, 0.15) is 50.2 Å². The topological polar surface area (TPSA) is 30.5 Å². The average Bonchev–Trinajstić information content (AvgIpc) is 3.23. The first-order valence-electron chi connectivity index (χ1n) is 10.1. The summed E-state index contributed by atoms with van der Waals surface area (Å²) in [5.41, 5.74) is 2.52. The summed E-state index contributed by atoms with van der Waals surface area (Å²) in [6, 6.07) is 17.0. The highest BCUT2D eigenvalue weighted by Crippen LogP contribution is 2.48. The van der Waals surface area contributed by atoms with Gasteiger partial charge in [-0.15, -0.1) is 0 Å². The molecule has 1 saturated heterocycles. The van der Waals surface area contributed by atoms with E-state index in [1.165, 1.54) is 49.8 Å². The molecule has 0 aromatic heterocycles. The lowest BCUT2D eigenvalue weighted by molar-refractivity contribution is -0.0437. The molecule has 2 aromatic carbocycles. The number of anilines is 1. The van der Waals surface area contributed by atoms with Gasteiger partial charge in [0.05, 0.1) is 6.10 Å². The Labute approximate surface area is 155 Å². The fourth-order valence-electron chi connectivity index (χ4n) is 5.16. The zero-order valence-corrected chi connectivity index (χ0v) is 15.2. The third kappa shape index (κ3) is 2.99. The van der Waals surface area contributed by atoms with Crippen LogP contribution in [0.3, 0.4) is 0 Å². The Morgan fingerprint density at radius 2 is 1.73 bits per heavy atom. The molecule has 5 rings (SSSR count). The Morgan fingerprint density at radius 3 is 2.58 bits per heavy atom. The highest BCUT2D eigenvalue weighted by Gasteiger charge is 2.42. The first-order chi connectivity index (χ1) is 12.9. The first kappa shape index (κ1) is 16.2. The van der Waals surface area contributed by atoms with Crippen molar-refractivity contribution in [2.24, 2.45) is 11.8 Å². The Balaban J connectivity index is 1.45. The van der Waals surface area contributed by atoms with Crippen molar-refractivity contribution in [2.75, 3.05) is 11.9 Å². The van der Waals surface area contributed by atoms with Crippen molar-refractivity contribution in [3.63, 3.8) is 0 Å². The molecular formula is C23H27NO2. The van der Waals surface area contributed by atoms with E-state index in [9.17, 15) is 0 Å². The summed E-state index contributed by atoms with van der Waals surface area (Å²) in [6.45, 7) is 0.877. The predicted octanol–water partition coefficient (Wildman–Crippen LogP) is 5.93. The van der Waals surface area contributed by atoms with E-state index >= 15 is 0 Å². The molecule has 136 valence electrons. The van der Waals surface area contributed by atoms with Crippen LogP contribution in [0.25, 0.3) is 0 Å². The Bertz CT molecular complexity index is 754. The summed E-state index contributed by atoms with van der Waals surface area (Å²) < 4.78 is 12.4. The van der Waals surface area contributed by atoms with E-state index in [2.05, 4.69) is 23.5 Å². The van der Waals surface area contributed by atoms with Gasteiger partial charge in [0.25, 0.3) is 0 Å². The van der Waals surface area contributed by atoms with Gasteiger partial charge in [0.1, 0.15) is 11.5 Å². The molecule has 2 aliphatic heterocycles. The lowest BCUT2D eigenvalue weighted by Gasteiger charge is -2.45. The largest absolute Gasteiger partial charge is 0.457 e. The Morgan fingerprint density at radius 1 is 0.885 bits per heavy atom. The third-order valence-electron chi connectivity index (χ3n) is 6.37. The lowest BCUT2D eigenvalue weighted by Crippen LogP contribution is -2.44. The number of fused-ring (bicyclic) bond motifs is 3. The molecule has 0 radical (unpaired) electrons. The van der Waals surface area contributed by atoms with Gasteiger partial charge >= 0.3 is 0 Å². The number of hydrogen-bond acceptors (Lipinski definition) is 3. The molecule has 1 N–H and O–H groups in total. The summed E-state index contributed by atoms with van der Waals surface area (Å²) in [4.78, 5) is 0. The quantitative estimate of drug-likeness (QED) is 0.745. The summed E-state index contributed by atoms with van der Waals surface area (Å²) in [7, 11) is 0. The van der Waals surface area contributed by atoms with Crippen molar-refractivity contribution in [1.29, 1.82) is 0 Å². The van der Waals surface area contributed by atoms with E-state index in [1.54, 1.807) is 0 Å². The molecular weight excluding hydrogens is 322 g/mol. The summed E-state index contributed by atoms with van der Waals surface area (Å²) in [6.07, 6.45) is 8.17. The molecule has 1 unspecified atom stereocenters. The van der Waals surface area contributed by atoms with E-state index in [0.29, 0.717) is 12.0 Å². The van der Waals surface area contributed by atoms with Crippen LogP contribution in [0.4, 0.5) is 5.69 Å². The molecule has 3 atom stereocenters. The molecule has 2 heterocycles. The average molecular weight is 349 g/mol. The van der Waals surface area contributed by atoms with Crippen LogP contribution in [-0.4, -0.2) is 12.6 Å². The number of rotatable bonds is 3. The molecule has 26 heavy (non-hydrogen) atoms. The van der Waals surface area contributed by atoms with Crippen molar-refractivity contribution in [3.05, 3.63) is 54.1 Å². The van der Waals surface area contributed by atoms with Crippen molar-refractivity contribution >= 4 is 5.69 Å². The molecule has 3 nitrogen and oxygen atoms in total. The molecule has 3 heteroatoms. The van der Waals surface area contributed by atoms with Crippen LogP contribution >= 0.6 is 0 Å². The molecule has 3 aliphatic rings. The summed E-state index contributed by atoms with van der Waals surface area (Å²) in [5, 5.41) is 3.89. The minimum absolute atomic E-state index is 0.213. The molecule has 0 bridgehead atoms. The van der Waals surface area contributed by atoms with Gasteiger partial charge in [0.15, 0.2) is 0 Å². The highest BCUT2D eigenvalue weighted by molar-refractivity contribution is 5.59. The Kier molecular flexibility index (Phi) is 4.33. The smallest absolute Gasteiger partial charge is 0.127 e. The number of nitrogens with one attached hydrogen (secondary N) is 1. The van der Waals surface area contributed by atoms with E-state index in [1.807, 2.05) is 30.3 Å². The molecule has 2 fully saturated rings. The van der Waals surface area contributed by atoms with E-state index < -0.39 is 0 Å². The van der Waals surface area contributed by atoms with Gasteiger partial charge in [-0.3, -0.25) is 0 Å². The number of benzene rings is 2. The van der Waals surface area contributed by atoms with Gasteiger partial charge in [-0.05, 0) is 61.9 Å². The fourth-order valence-corrected chi connectivity index (χ4v) is 5.16. The number of ether oxygens (including phenoxy) is 2. The SMILES string of the molecule is c1ccc(Oc2ccc3c(c2)[C@H]2OCCC[C@H]2C(C2CCCC2)N3)cc1. The zero-order chi connectivity index (χ0) is 17.3. The highest BCUT2D eigenvalue weighted by atomic mass is 16.5. The minimum atomic E-state index is 0.213. The molecule has 0 spiro atoms. The lowest BCUT2D eigenvalue weighted by atomic mass is 9.75. The summed E-state index contributed by atoms with van der Waals surface area (Å²) in [5.74, 6) is 3.16. The normalized spacial score (nSPS) is 28.1. The van der Waals surface area contributed by atoms with Gasteiger partial charge in [-0.25, -0.2) is 0 Å². The van der Waals surface area contributed by atoms with Crippen LogP contribution in [0.15, 0.2) is 48.5 Å². The van der Waals surface area contributed by atoms with Gasteiger partial charge in [0, 0.05) is 29.8 Å². The maximum atomic E-state index is 6.31. The Hall–Kier alpha value is -2.00. The van der Waals surface area contributed by atoms with Crippen molar-refractivity contribution in [1.82, 2.24) is 0 Å². The molecule has 0 amide bonds. The second-order valence-electron chi connectivity index (χ2n) is 7.98. The van der Waals surface area contributed by atoms with Crippen LogP contribution in [0, 0.1) is 11.8 Å². The molecule has 1 aliphatic carbocycles. The van der Waals surface area contributed by atoms with Crippen molar-refractivity contribution in [3.8, 4) is 11.5 Å². The zero-order valence-electron chi connectivity index (χ0n) is 15.2. The summed E-state index contributed by atoms with van der Waals surface area (Å²) >= 11 is 0. The van der Waals surface area contributed by atoms with E-state index in [4.69, 9.17) is 9.47 Å². The van der Waals surface area contributed by atoms with Crippen LogP contribution in [0.5, 0.6) is 11.5 Å². The van der Waals surface area contributed by atoms with Gasteiger partial charge in [-0.2, -0.15) is 0 Å². The van der Waals surface area contributed by atoms with Crippen molar-refractivity contribution in [2.45, 2.75) is 50.7 Å². The van der Waals surface area contributed by atoms with Gasteiger partial charge < -0.3 is 14.8 Å².